The number of ether oxygens (including phenoxy) is 1. The van der Waals surface area contributed by atoms with Crippen molar-refractivity contribution in [2.75, 3.05) is 5.73 Å². The molecule has 20 heavy (non-hydrogen) atoms. The summed E-state index contributed by atoms with van der Waals surface area (Å²) in [5, 5.41) is 9.07. The standard InChI is InChI=1S/C14H11BrFNO3/c15-12-5-9(16)2-1-8(12)7-20-13-6-10(17)3-4-11(13)14(18)19/h1-6H,7,17H2,(H,18,19). The number of hydrogen-bond acceptors (Lipinski definition) is 3. The van der Waals surface area contributed by atoms with Gasteiger partial charge in [0.1, 0.15) is 23.7 Å². The lowest BCUT2D eigenvalue weighted by molar-refractivity contribution is 0.0692. The maximum atomic E-state index is 13.0. The third-order valence-electron chi connectivity index (χ3n) is 2.63. The molecule has 0 amide bonds. The summed E-state index contributed by atoms with van der Waals surface area (Å²) in [7, 11) is 0. The number of aromatic carboxylic acids is 1. The summed E-state index contributed by atoms with van der Waals surface area (Å²) in [5.41, 5.74) is 6.74. The second kappa shape index (κ2) is 5.92. The predicted octanol–water partition coefficient (Wildman–Crippen LogP) is 3.45. The zero-order chi connectivity index (χ0) is 14.7. The number of benzene rings is 2. The van der Waals surface area contributed by atoms with Gasteiger partial charge >= 0.3 is 5.97 Å². The van der Waals surface area contributed by atoms with E-state index in [0.717, 1.165) is 0 Å². The van der Waals surface area contributed by atoms with Gasteiger partial charge in [0, 0.05) is 21.8 Å². The van der Waals surface area contributed by atoms with E-state index < -0.39 is 5.97 Å². The van der Waals surface area contributed by atoms with Gasteiger partial charge in [0.25, 0.3) is 0 Å². The van der Waals surface area contributed by atoms with Crippen molar-refractivity contribution in [1.29, 1.82) is 0 Å². The molecule has 2 aromatic carbocycles. The van der Waals surface area contributed by atoms with Gasteiger partial charge in [0.2, 0.25) is 0 Å². The van der Waals surface area contributed by atoms with E-state index in [0.29, 0.717) is 15.7 Å². The minimum absolute atomic E-state index is 0.0254. The largest absolute Gasteiger partial charge is 0.488 e. The molecule has 0 atom stereocenters. The van der Waals surface area contributed by atoms with Crippen molar-refractivity contribution >= 4 is 27.6 Å². The van der Waals surface area contributed by atoms with Gasteiger partial charge in [0.05, 0.1) is 0 Å². The Bertz CT molecular complexity index is 661. The van der Waals surface area contributed by atoms with E-state index in [2.05, 4.69) is 15.9 Å². The van der Waals surface area contributed by atoms with Crippen molar-refractivity contribution in [3.05, 3.63) is 57.8 Å². The number of anilines is 1. The minimum Gasteiger partial charge on any atom is -0.488 e. The Morgan fingerprint density at radius 3 is 2.70 bits per heavy atom. The first-order chi connectivity index (χ1) is 9.47. The summed E-state index contributed by atoms with van der Waals surface area (Å²) in [5.74, 6) is -1.29. The van der Waals surface area contributed by atoms with E-state index in [4.69, 9.17) is 15.6 Å². The highest BCUT2D eigenvalue weighted by atomic mass is 79.9. The fraction of sp³-hybridized carbons (Fsp3) is 0.0714. The Labute approximate surface area is 123 Å². The Morgan fingerprint density at radius 2 is 2.05 bits per heavy atom. The lowest BCUT2D eigenvalue weighted by atomic mass is 10.2. The number of halogens is 2. The summed E-state index contributed by atoms with van der Waals surface area (Å²) >= 11 is 3.22. The summed E-state index contributed by atoms with van der Waals surface area (Å²) in [4.78, 5) is 11.1. The van der Waals surface area contributed by atoms with Crippen molar-refractivity contribution in [2.45, 2.75) is 6.61 Å². The maximum Gasteiger partial charge on any atom is 0.339 e. The van der Waals surface area contributed by atoms with Crippen LogP contribution in [0.3, 0.4) is 0 Å². The third kappa shape index (κ3) is 3.27. The number of nitrogen functional groups attached to an aromatic ring is 1. The highest BCUT2D eigenvalue weighted by molar-refractivity contribution is 9.10. The summed E-state index contributed by atoms with van der Waals surface area (Å²) in [6, 6.07) is 8.50. The molecule has 3 N–H and O–H groups in total. The second-order valence-corrected chi connectivity index (χ2v) is 4.94. The number of hydrogen-bond donors (Lipinski definition) is 2. The molecule has 104 valence electrons. The molecular weight excluding hydrogens is 329 g/mol. The molecule has 0 aliphatic rings. The van der Waals surface area contributed by atoms with Crippen LogP contribution in [0.1, 0.15) is 15.9 Å². The molecule has 0 spiro atoms. The highest BCUT2D eigenvalue weighted by Crippen LogP contribution is 2.25. The average molecular weight is 340 g/mol. The predicted molar refractivity (Wildman–Crippen MR) is 76.2 cm³/mol. The first-order valence-electron chi connectivity index (χ1n) is 5.67. The molecular formula is C14H11BrFNO3. The molecule has 0 heterocycles. The van der Waals surface area contributed by atoms with Crippen LogP contribution in [-0.4, -0.2) is 11.1 Å². The van der Waals surface area contributed by atoms with Gasteiger partial charge in [-0.3, -0.25) is 0 Å². The smallest absolute Gasteiger partial charge is 0.339 e. The Morgan fingerprint density at radius 1 is 1.30 bits per heavy atom. The zero-order valence-electron chi connectivity index (χ0n) is 10.3. The van der Waals surface area contributed by atoms with Crippen LogP contribution in [0, 0.1) is 5.82 Å². The normalized spacial score (nSPS) is 10.3. The molecule has 0 saturated heterocycles. The van der Waals surface area contributed by atoms with Gasteiger partial charge in [-0.15, -0.1) is 0 Å². The van der Waals surface area contributed by atoms with E-state index in [1.165, 1.54) is 30.3 Å². The molecule has 2 rings (SSSR count). The van der Waals surface area contributed by atoms with Crippen LogP contribution in [0.2, 0.25) is 0 Å². The van der Waals surface area contributed by atoms with Crippen molar-refractivity contribution in [2.24, 2.45) is 0 Å². The Kier molecular flexibility index (Phi) is 4.24. The quantitative estimate of drug-likeness (QED) is 0.837. The van der Waals surface area contributed by atoms with Gasteiger partial charge in [-0.2, -0.15) is 0 Å². The highest BCUT2D eigenvalue weighted by Gasteiger charge is 2.12. The summed E-state index contributed by atoms with van der Waals surface area (Å²) in [6.07, 6.45) is 0. The molecule has 0 saturated carbocycles. The Hall–Kier alpha value is -2.08. The average Bonchev–Trinajstić information content (AvgIpc) is 2.37. The van der Waals surface area contributed by atoms with E-state index in [9.17, 15) is 9.18 Å². The molecule has 0 aliphatic heterocycles. The van der Waals surface area contributed by atoms with Crippen LogP contribution in [0.15, 0.2) is 40.9 Å². The molecule has 0 bridgehead atoms. The number of carboxylic acid groups (broad SMARTS) is 1. The molecule has 0 aromatic heterocycles. The monoisotopic (exact) mass is 339 g/mol. The topological polar surface area (TPSA) is 72.6 Å². The van der Waals surface area contributed by atoms with Crippen LogP contribution in [0.4, 0.5) is 10.1 Å². The van der Waals surface area contributed by atoms with Crippen LogP contribution < -0.4 is 10.5 Å². The van der Waals surface area contributed by atoms with Crippen molar-refractivity contribution in [3.63, 3.8) is 0 Å². The van der Waals surface area contributed by atoms with Gasteiger partial charge < -0.3 is 15.6 Å². The number of rotatable bonds is 4. The van der Waals surface area contributed by atoms with E-state index >= 15 is 0 Å². The first kappa shape index (κ1) is 14.3. The molecule has 0 unspecified atom stereocenters. The van der Waals surface area contributed by atoms with Crippen LogP contribution in [0.5, 0.6) is 5.75 Å². The van der Waals surface area contributed by atoms with Gasteiger partial charge in [-0.05, 0) is 24.3 Å². The summed E-state index contributed by atoms with van der Waals surface area (Å²) < 4.78 is 19.0. The fourth-order valence-electron chi connectivity index (χ4n) is 1.63. The first-order valence-corrected chi connectivity index (χ1v) is 6.46. The van der Waals surface area contributed by atoms with Crippen molar-refractivity contribution in [1.82, 2.24) is 0 Å². The number of nitrogens with two attached hydrogens (primary N) is 1. The molecule has 0 aliphatic carbocycles. The van der Waals surface area contributed by atoms with Crippen LogP contribution >= 0.6 is 15.9 Å². The zero-order valence-corrected chi connectivity index (χ0v) is 11.9. The molecule has 6 heteroatoms. The number of carboxylic acids is 1. The molecule has 0 fully saturated rings. The third-order valence-corrected chi connectivity index (χ3v) is 3.37. The molecule has 4 nitrogen and oxygen atoms in total. The number of carbonyl (C=O) groups is 1. The lowest BCUT2D eigenvalue weighted by Gasteiger charge is -2.11. The van der Waals surface area contributed by atoms with E-state index in [-0.39, 0.29) is 23.7 Å². The Balaban J connectivity index is 2.22. The van der Waals surface area contributed by atoms with Crippen molar-refractivity contribution < 1.29 is 19.0 Å². The second-order valence-electron chi connectivity index (χ2n) is 4.09. The fourth-order valence-corrected chi connectivity index (χ4v) is 2.09. The molecule has 2 aromatic rings. The minimum atomic E-state index is -1.10. The van der Waals surface area contributed by atoms with Gasteiger partial charge in [-0.25, -0.2) is 9.18 Å². The van der Waals surface area contributed by atoms with Crippen LogP contribution in [-0.2, 0) is 6.61 Å². The lowest BCUT2D eigenvalue weighted by Crippen LogP contribution is -2.04. The van der Waals surface area contributed by atoms with E-state index in [1.54, 1.807) is 6.07 Å². The SMILES string of the molecule is Nc1ccc(C(=O)O)c(OCc2ccc(F)cc2Br)c1. The van der Waals surface area contributed by atoms with Gasteiger partial charge in [0.15, 0.2) is 0 Å². The van der Waals surface area contributed by atoms with Gasteiger partial charge in [-0.1, -0.05) is 22.0 Å². The van der Waals surface area contributed by atoms with Crippen LogP contribution in [0.25, 0.3) is 0 Å². The maximum absolute atomic E-state index is 13.0. The van der Waals surface area contributed by atoms with E-state index in [1.807, 2.05) is 0 Å². The van der Waals surface area contributed by atoms with Crippen molar-refractivity contribution in [3.8, 4) is 5.75 Å². The summed E-state index contributed by atoms with van der Waals surface area (Å²) in [6.45, 7) is 0.102. The molecule has 0 radical (unpaired) electrons.